The number of nitrogens with zero attached hydrogens (tertiary/aromatic N) is 3. The molecule has 0 radical (unpaired) electrons. The van der Waals surface area contributed by atoms with Gasteiger partial charge in [0.15, 0.2) is 5.69 Å². The molecule has 1 aliphatic heterocycles. The minimum Gasteiger partial charge on any atom is -0.378 e. The number of aryl methyl sites for hydroxylation is 1. The predicted octanol–water partition coefficient (Wildman–Crippen LogP) is 4.30. The van der Waals surface area contributed by atoms with Gasteiger partial charge in [-0.15, -0.1) is 0 Å². The molecule has 0 bridgehead atoms. The summed E-state index contributed by atoms with van der Waals surface area (Å²) in [5.41, 5.74) is -1.43. The van der Waals surface area contributed by atoms with E-state index in [-0.39, 0.29) is 11.4 Å². The average molecular weight is 493 g/mol. The minimum atomic E-state index is -4.65. The smallest absolute Gasteiger partial charge is 0.378 e. The van der Waals surface area contributed by atoms with Crippen molar-refractivity contribution < 1.29 is 22.7 Å². The summed E-state index contributed by atoms with van der Waals surface area (Å²) >= 11 is 6.39. The van der Waals surface area contributed by atoms with E-state index in [0.717, 1.165) is 16.8 Å². The average Bonchev–Trinajstić information content (AvgIpc) is 2.79. The number of hydrogen-bond donors (Lipinski definition) is 1. The zero-order valence-electron chi connectivity index (χ0n) is 18.0. The van der Waals surface area contributed by atoms with Crippen molar-refractivity contribution in [3.63, 3.8) is 0 Å². The molecule has 3 aromatic rings. The number of hydrogen-bond acceptors (Lipinski definition) is 5. The summed E-state index contributed by atoms with van der Waals surface area (Å²) in [6, 6.07) is 10.8. The molecule has 0 aliphatic carbocycles. The molecule has 1 saturated heterocycles. The van der Waals surface area contributed by atoms with Crippen LogP contribution in [0, 0.1) is 6.92 Å². The van der Waals surface area contributed by atoms with E-state index in [1.54, 1.807) is 18.2 Å². The maximum Gasteiger partial charge on any atom is 0.418 e. The van der Waals surface area contributed by atoms with Crippen molar-refractivity contribution in [3.05, 3.63) is 80.7 Å². The van der Waals surface area contributed by atoms with Gasteiger partial charge in [0.25, 0.3) is 5.91 Å². The zero-order chi connectivity index (χ0) is 24.5. The summed E-state index contributed by atoms with van der Waals surface area (Å²) in [6.45, 7) is 3.52. The fourth-order valence-electron chi connectivity index (χ4n) is 3.75. The standard InChI is InChI=1S/C23H20ClF3N4O3/c1-14-13-19(32)20(29-31(14)18-8-3-2-5-15(18)23(25,26)27)22(33)28-17-7-4-6-16(24)21(17)30-9-11-34-12-10-30/h2-8,13H,9-12H2,1H3,(H,28,33). The molecule has 1 aliphatic rings. The van der Waals surface area contributed by atoms with E-state index < -0.39 is 28.8 Å². The number of carbonyl (C=O) groups excluding carboxylic acids is 1. The molecule has 0 unspecified atom stereocenters. The third kappa shape index (κ3) is 4.78. The lowest BCUT2D eigenvalue weighted by molar-refractivity contribution is -0.137. The molecule has 7 nitrogen and oxygen atoms in total. The molecule has 1 amide bonds. The van der Waals surface area contributed by atoms with Crippen LogP contribution in [0.2, 0.25) is 5.02 Å². The van der Waals surface area contributed by atoms with Crippen molar-refractivity contribution >= 4 is 28.9 Å². The second-order valence-corrected chi connectivity index (χ2v) is 8.02. The number of aromatic nitrogens is 2. The van der Waals surface area contributed by atoms with Crippen LogP contribution < -0.4 is 15.6 Å². The fraction of sp³-hybridized carbons (Fsp3) is 0.261. The van der Waals surface area contributed by atoms with E-state index in [1.807, 2.05) is 4.90 Å². The predicted molar refractivity (Wildman–Crippen MR) is 122 cm³/mol. The first-order chi connectivity index (χ1) is 16.2. The summed E-state index contributed by atoms with van der Waals surface area (Å²) in [5, 5.41) is 7.04. The van der Waals surface area contributed by atoms with Crippen molar-refractivity contribution in [1.82, 2.24) is 9.78 Å². The van der Waals surface area contributed by atoms with Crippen molar-refractivity contribution in [3.8, 4) is 5.69 Å². The number of rotatable bonds is 4. The number of para-hydroxylation sites is 2. The van der Waals surface area contributed by atoms with Gasteiger partial charge in [0.1, 0.15) is 0 Å². The Morgan fingerprint density at radius 3 is 2.53 bits per heavy atom. The quantitative estimate of drug-likeness (QED) is 0.587. The van der Waals surface area contributed by atoms with Crippen LogP contribution in [0.25, 0.3) is 5.69 Å². The summed E-state index contributed by atoms with van der Waals surface area (Å²) in [5.74, 6) is -0.861. The Bertz CT molecular complexity index is 1290. The maximum absolute atomic E-state index is 13.5. The zero-order valence-corrected chi connectivity index (χ0v) is 18.8. The molecule has 2 aromatic carbocycles. The molecule has 0 saturated carbocycles. The summed E-state index contributed by atoms with van der Waals surface area (Å²) in [4.78, 5) is 27.6. The highest BCUT2D eigenvalue weighted by Crippen LogP contribution is 2.35. The lowest BCUT2D eigenvalue weighted by Crippen LogP contribution is -2.37. The van der Waals surface area contributed by atoms with Gasteiger partial charge in [-0.25, -0.2) is 4.68 Å². The number of nitrogens with one attached hydrogen (secondary N) is 1. The normalized spacial score (nSPS) is 14.2. The van der Waals surface area contributed by atoms with E-state index in [1.165, 1.54) is 25.1 Å². The highest BCUT2D eigenvalue weighted by Gasteiger charge is 2.34. The van der Waals surface area contributed by atoms with Gasteiger partial charge >= 0.3 is 6.18 Å². The van der Waals surface area contributed by atoms with Crippen LogP contribution in [0.5, 0.6) is 0 Å². The molecule has 34 heavy (non-hydrogen) atoms. The highest BCUT2D eigenvalue weighted by molar-refractivity contribution is 6.34. The number of amides is 1. The van der Waals surface area contributed by atoms with Crippen LogP contribution in [0.4, 0.5) is 24.5 Å². The molecule has 4 rings (SSSR count). The lowest BCUT2D eigenvalue weighted by Gasteiger charge is -2.31. The first kappa shape index (κ1) is 23.8. The summed E-state index contributed by atoms with van der Waals surface area (Å²) < 4.78 is 46.9. The number of morpholine rings is 1. The molecule has 0 spiro atoms. The van der Waals surface area contributed by atoms with E-state index in [9.17, 15) is 22.8 Å². The van der Waals surface area contributed by atoms with E-state index >= 15 is 0 Å². The van der Waals surface area contributed by atoms with Crippen molar-refractivity contribution in [2.24, 2.45) is 0 Å². The third-order valence-electron chi connectivity index (χ3n) is 5.32. The molecule has 178 valence electrons. The Balaban J connectivity index is 1.73. The Labute approximate surface area is 197 Å². The Morgan fingerprint density at radius 1 is 1.12 bits per heavy atom. The van der Waals surface area contributed by atoms with Crippen molar-refractivity contribution in [1.29, 1.82) is 0 Å². The van der Waals surface area contributed by atoms with Gasteiger partial charge in [0.2, 0.25) is 5.43 Å². The van der Waals surface area contributed by atoms with Crippen LogP contribution in [-0.4, -0.2) is 42.0 Å². The maximum atomic E-state index is 13.5. The summed E-state index contributed by atoms with van der Waals surface area (Å²) in [7, 11) is 0. The SMILES string of the molecule is Cc1cc(=O)c(C(=O)Nc2cccc(Cl)c2N2CCOCC2)nn1-c1ccccc1C(F)(F)F. The van der Waals surface area contributed by atoms with Gasteiger partial charge in [-0.2, -0.15) is 18.3 Å². The number of anilines is 2. The van der Waals surface area contributed by atoms with Gasteiger partial charge in [0.05, 0.1) is 40.9 Å². The number of halogens is 4. The molecule has 1 fully saturated rings. The van der Waals surface area contributed by atoms with Gasteiger partial charge in [-0.05, 0) is 31.2 Å². The second-order valence-electron chi connectivity index (χ2n) is 7.61. The Hall–Kier alpha value is -3.37. The van der Waals surface area contributed by atoms with Gasteiger partial charge in [-0.1, -0.05) is 29.8 Å². The molecule has 1 aromatic heterocycles. The van der Waals surface area contributed by atoms with E-state index in [0.29, 0.717) is 42.7 Å². The molecular weight excluding hydrogens is 473 g/mol. The van der Waals surface area contributed by atoms with Crippen LogP contribution >= 0.6 is 11.6 Å². The largest absolute Gasteiger partial charge is 0.418 e. The number of carbonyl (C=O) groups is 1. The second kappa shape index (κ2) is 9.47. The van der Waals surface area contributed by atoms with Gasteiger partial charge in [-0.3, -0.25) is 9.59 Å². The monoisotopic (exact) mass is 492 g/mol. The third-order valence-corrected chi connectivity index (χ3v) is 5.63. The first-order valence-corrected chi connectivity index (χ1v) is 10.7. The van der Waals surface area contributed by atoms with Crippen LogP contribution in [0.1, 0.15) is 21.7 Å². The van der Waals surface area contributed by atoms with E-state index in [4.69, 9.17) is 16.3 Å². The van der Waals surface area contributed by atoms with Crippen molar-refractivity contribution in [2.45, 2.75) is 13.1 Å². The van der Waals surface area contributed by atoms with Gasteiger partial charge in [0, 0.05) is 24.8 Å². The van der Waals surface area contributed by atoms with Gasteiger partial charge < -0.3 is 15.0 Å². The molecule has 0 atom stereocenters. The van der Waals surface area contributed by atoms with Crippen LogP contribution in [-0.2, 0) is 10.9 Å². The molecule has 2 heterocycles. The fourth-order valence-corrected chi connectivity index (χ4v) is 4.05. The molecule has 11 heteroatoms. The highest BCUT2D eigenvalue weighted by atomic mass is 35.5. The van der Waals surface area contributed by atoms with Crippen molar-refractivity contribution in [2.75, 3.05) is 36.5 Å². The first-order valence-electron chi connectivity index (χ1n) is 10.4. The number of alkyl halides is 3. The van der Waals surface area contributed by atoms with E-state index in [2.05, 4.69) is 10.4 Å². The molecule has 1 N–H and O–H groups in total. The summed E-state index contributed by atoms with van der Waals surface area (Å²) in [6.07, 6.45) is -4.65. The van der Waals surface area contributed by atoms with Crippen LogP contribution in [0.15, 0.2) is 53.3 Å². The lowest BCUT2D eigenvalue weighted by atomic mass is 10.1. The Kier molecular flexibility index (Phi) is 6.63. The molecular formula is C23H20ClF3N4O3. The number of benzene rings is 2. The number of ether oxygens (including phenoxy) is 1. The topological polar surface area (TPSA) is 76.5 Å². The van der Waals surface area contributed by atoms with Crippen LogP contribution in [0.3, 0.4) is 0 Å². The minimum absolute atomic E-state index is 0.148. The Morgan fingerprint density at radius 2 is 1.82 bits per heavy atom.